The molecule has 0 spiro atoms. The van der Waals surface area contributed by atoms with E-state index in [1.807, 2.05) is 23.1 Å². The highest BCUT2D eigenvalue weighted by Gasteiger charge is 2.24. The number of rotatable bonds is 7. The van der Waals surface area contributed by atoms with Crippen molar-refractivity contribution >= 4 is 0 Å². The van der Waals surface area contributed by atoms with Crippen molar-refractivity contribution in [3.8, 4) is 0 Å². The Bertz CT molecular complexity index is 554. The van der Waals surface area contributed by atoms with Crippen LogP contribution < -0.4 is 0 Å². The highest BCUT2D eigenvalue weighted by atomic mass is 16.5. The Morgan fingerprint density at radius 2 is 2.36 bits per heavy atom. The molecule has 0 aliphatic carbocycles. The minimum atomic E-state index is 0.475. The molecule has 2 aromatic rings. The van der Waals surface area contributed by atoms with Crippen molar-refractivity contribution in [3.05, 3.63) is 30.2 Å². The minimum Gasteiger partial charge on any atom is -0.384 e. The van der Waals surface area contributed by atoms with Crippen molar-refractivity contribution in [2.45, 2.75) is 44.8 Å². The van der Waals surface area contributed by atoms with Crippen molar-refractivity contribution in [1.29, 1.82) is 0 Å². The summed E-state index contributed by atoms with van der Waals surface area (Å²) in [5, 5.41) is 8.32. The Morgan fingerprint density at radius 1 is 1.41 bits per heavy atom. The third-order valence-electron chi connectivity index (χ3n) is 4.08. The Labute approximate surface area is 130 Å². The average Bonchev–Trinajstić information content (AvgIpc) is 3.19. The number of likely N-dealkylation sites (tertiary alicyclic amines) is 1. The van der Waals surface area contributed by atoms with Gasteiger partial charge in [-0.25, -0.2) is 0 Å². The molecule has 1 aliphatic rings. The van der Waals surface area contributed by atoms with Gasteiger partial charge in [0.05, 0.1) is 19.7 Å². The summed E-state index contributed by atoms with van der Waals surface area (Å²) in [6, 6.07) is 2.44. The zero-order valence-electron chi connectivity index (χ0n) is 13.0. The van der Waals surface area contributed by atoms with E-state index in [0.29, 0.717) is 31.5 Å². The first-order valence-electron chi connectivity index (χ1n) is 7.87. The van der Waals surface area contributed by atoms with Gasteiger partial charge in [0, 0.05) is 32.0 Å². The number of aromatic nitrogens is 4. The van der Waals surface area contributed by atoms with E-state index in [1.54, 1.807) is 7.11 Å². The van der Waals surface area contributed by atoms with Gasteiger partial charge in [-0.1, -0.05) is 11.6 Å². The zero-order valence-corrected chi connectivity index (χ0v) is 13.0. The predicted molar refractivity (Wildman–Crippen MR) is 80.2 cm³/mol. The zero-order chi connectivity index (χ0) is 15.2. The van der Waals surface area contributed by atoms with E-state index in [2.05, 4.69) is 20.1 Å². The fraction of sp³-hybridized carbons (Fsp3) is 0.667. The summed E-state index contributed by atoms with van der Waals surface area (Å²) in [5.74, 6) is 1.41. The molecule has 1 unspecified atom stereocenters. The maximum absolute atomic E-state index is 5.37. The lowest BCUT2D eigenvalue weighted by atomic mass is 10.0. The number of hydrogen-bond acceptors (Lipinski definition) is 6. The van der Waals surface area contributed by atoms with Crippen LogP contribution in [0.4, 0.5) is 0 Å². The lowest BCUT2D eigenvalue weighted by molar-refractivity contribution is 0.108. The molecule has 0 radical (unpaired) electrons. The molecule has 1 atom stereocenters. The fourth-order valence-electron chi connectivity index (χ4n) is 2.92. The van der Waals surface area contributed by atoms with Crippen LogP contribution in [0.2, 0.25) is 0 Å². The first-order chi connectivity index (χ1) is 10.8. The highest BCUT2D eigenvalue weighted by molar-refractivity contribution is 4.89. The third kappa shape index (κ3) is 3.92. The molecule has 0 amide bonds. The summed E-state index contributed by atoms with van der Waals surface area (Å²) in [5.41, 5.74) is 0. The molecule has 1 aliphatic heterocycles. The number of piperidine rings is 1. The van der Waals surface area contributed by atoms with E-state index in [1.165, 1.54) is 19.3 Å². The van der Waals surface area contributed by atoms with Crippen LogP contribution in [0.3, 0.4) is 0 Å². The second-order valence-corrected chi connectivity index (χ2v) is 5.70. The van der Waals surface area contributed by atoms with Crippen LogP contribution in [-0.2, 0) is 24.2 Å². The van der Waals surface area contributed by atoms with E-state index < -0.39 is 0 Å². The SMILES string of the molecule is COCCc1noc(CN2CCCCC2Cn2cccn2)n1. The van der Waals surface area contributed by atoms with Crippen molar-refractivity contribution in [2.24, 2.45) is 0 Å². The average molecular weight is 305 g/mol. The number of ether oxygens (including phenoxy) is 1. The third-order valence-corrected chi connectivity index (χ3v) is 4.08. The highest BCUT2D eigenvalue weighted by Crippen LogP contribution is 2.20. The first kappa shape index (κ1) is 15.2. The van der Waals surface area contributed by atoms with Gasteiger partial charge in [0.1, 0.15) is 0 Å². The van der Waals surface area contributed by atoms with Crippen molar-refractivity contribution in [2.75, 3.05) is 20.3 Å². The molecule has 3 rings (SSSR count). The van der Waals surface area contributed by atoms with Crippen LogP contribution >= 0.6 is 0 Å². The molecule has 0 saturated carbocycles. The minimum absolute atomic E-state index is 0.475. The van der Waals surface area contributed by atoms with Gasteiger partial charge >= 0.3 is 0 Å². The van der Waals surface area contributed by atoms with E-state index in [4.69, 9.17) is 9.26 Å². The second-order valence-electron chi connectivity index (χ2n) is 5.70. The molecule has 3 heterocycles. The summed E-state index contributed by atoms with van der Waals surface area (Å²) in [6.07, 6.45) is 8.21. The Balaban J connectivity index is 1.59. The number of hydrogen-bond donors (Lipinski definition) is 0. The first-order valence-corrected chi connectivity index (χ1v) is 7.87. The lowest BCUT2D eigenvalue weighted by Gasteiger charge is -2.34. The van der Waals surface area contributed by atoms with Crippen molar-refractivity contribution in [3.63, 3.8) is 0 Å². The van der Waals surface area contributed by atoms with Crippen LogP contribution in [0.15, 0.2) is 23.0 Å². The molecular formula is C15H23N5O2. The summed E-state index contributed by atoms with van der Waals surface area (Å²) in [6.45, 7) is 3.32. The Morgan fingerprint density at radius 3 is 3.18 bits per heavy atom. The molecule has 120 valence electrons. The van der Waals surface area contributed by atoms with Gasteiger partial charge in [0.2, 0.25) is 5.89 Å². The van der Waals surface area contributed by atoms with Gasteiger partial charge in [-0.3, -0.25) is 9.58 Å². The van der Waals surface area contributed by atoms with E-state index in [9.17, 15) is 0 Å². The number of methoxy groups -OCH3 is 1. The quantitative estimate of drug-likeness (QED) is 0.772. The van der Waals surface area contributed by atoms with Gasteiger partial charge in [0.15, 0.2) is 5.82 Å². The van der Waals surface area contributed by atoms with Gasteiger partial charge < -0.3 is 9.26 Å². The normalized spacial score (nSPS) is 19.6. The molecule has 0 aromatic carbocycles. The topological polar surface area (TPSA) is 69.2 Å². The van der Waals surface area contributed by atoms with E-state index in [0.717, 1.165) is 18.9 Å². The van der Waals surface area contributed by atoms with Gasteiger partial charge in [-0.15, -0.1) is 0 Å². The van der Waals surface area contributed by atoms with Gasteiger partial charge in [0.25, 0.3) is 0 Å². The predicted octanol–water partition coefficient (Wildman–Crippen LogP) is 1.51. The molecule has 2 aromatic heterocycles. The van der Waals surface area contributed by atoms with Crippen LogP contribution in [0.1, 0.15) is 31.0 Å². The van der Waals surface area contributed by atoms with Crippen LogP contribution in [0.25, 0.3) is 0 Å². The summed E-state index contributed by atoms with van der Waals surface area (Å²) in [7, 11) is 1.68. The van der Waals surface area contributed by atoms with Crippen molar-refractivity contribution < 1.29 is 9.26 Å². The standard InChI is InChI=1S/C15H23N5O2/c1-21-10-6-14-17-15(22-18-14)12-19-8-3-2-5-13(19)11-20-9-4-7-16-20/h4,7,9,13H,2-3,5-6,8,10-12H2,1H3. The maximum atomic E-state index is 5.37. The monoisotopic (exact) mass is 305 g/mol. The summed E-state index contributed by atoms with van der Waals surface area (Å²) < 4.78 is 12.4. The maximum Gasteiger partial charge on any atom is 0.240 e. The van der Waals surface area contributed by atoms with Gasteiger partial charge in [-0.2, -0.15) is 10.1 Å². The van der Waals surface area contributed by atoms with Crippen LogP contribution in [0.5, 0.6) is 0 Å². The largest absolute Gasteiger partial charge is 0.384 e. The van der Waals surface area contributed by atoms with E-state index >= 15 is 0 Å². The summed E-state index contributed by atoms with van der Waals surface area (Å²) in [4.78, 5) is 6.88. The molecule has 1 fully saturated rings. The molecule has 22 heavy (non-hydrogen) atoms. The molecule has 7 nitrogen and oxygen atoms in total. The van der Waals surface area contributed by atoms with Crippen LogP contribution in [0, 0.1) is 0 Å². The fourth-order valence-corrected chi connectivity index (χ4v) is 2.92. The molecule has 7 heteroatoms. The Hall–Kier alpha value is -1.73. The second kappa shape index (κ2) is 7.51. The molecule has 1 saturated heterocycles. The number of nitrogens with zero attached hydrogens (tertiary/aromatic N) is 5. The van der Waals surface area contributed by atoms with Gasteiger partial charge in [-0.05, 0) is 25.5 Å². The molecule has 0 N–H and O–H groups in total. The lowest BCUT2D eigenvalue weighted by Crippen LogP contribution is -2.41. The molecular weight excluding hydrogens is 282 g/mol. The molecule has 0 bridgehead atoms. The Kier molecular flexibility index (Phi) is 5.18. The summed E-state index contributed by atoms with van der Waals surface area (Å²) >= 11 is 0. The van der Waals surface area contributed by atoms with Crippen molar-refractivity contribution in [1.82, 2.24) is 24.8 Å². The van der Waals surface area contributed by atoms with E-state index in [-0.39, 0.29) is 0 Å². The smallest absolute Gasteiger partial charge is 0.240 e. The van der Waals surface area contributed by atoms with Crippen LogP contribution in [-0.4, -0.2) is 51.1 Å².